The minimum atomic E-state index is -0.645. The quantitative estimate of drug-likeness (QED) is 0.0602. The molecule has 6 aliphatic heterocycles. The number of aromatic nitrogens is 15. The molecule has 0 aliphatic carbocycles. The van der Waals surface area contributed by atoms with Crippen molar-refractivity contribution in [1.82, 2.24) is 103 Å². The van der Waals surface area contributed by atoms with Gasteiger partial charge in [0.25, 0.3) is 0 Å². The predicted molar refractivity (Wildman–Crippen MR) is 436 cm³/mol. The Hall–Kier alpha value is -10.2. The van der Waals surface area contributed by atoms with Gasteiger partial charge in [-0.25, -0.2) is 86.2 Å². The number of nitrogens with one attached hydrogen (secondary N) is 2. The van der Waals surface area contributed by atoms with Gasteiger partial charge in [0.2, 0.25) is 17.2 Å². The highest BCUT2D eigenvalue weighted by Gasteiger charge is 2.37. The summed E-state index contributed by atoms with van der Waals surface area (Å²) in [5.74, 6) is 1.27. The molecule has 115 heavy (non-hydrogen) atoms. The molecule has 0 saturated carbocycles. The third kappa shape index (κ3) is 17.7. The second-order valence-electron chi connectivity index (χ2n) is 32.2. The van der Waals surface area contributed by atoms with E-state index in [2.05, 4.69) is 177 Å². The second-order valence-corrected chi connectivity index (χ2v) is 32.5. The van der Waals surface area contributed by atoms with Crippen LogP contribution in [0, 0.1) is 34.9 Å². The van der Waals surface area contributed by atoms with Gasteiger partial charge in [0, 0.05) is 169 Å². The monoisotopic (exact) mass is 1590 g/mol. The van der Waals surface area contributed by atoms with Crippen LogP contribution in [0.15, 0.2) is 110 Å². The molecule has 9 aromatic heterocycles. The van der Waals surface area contributed by atoms with E-state index in [1.807, 2.05) is 53.5 Å². The fourth-order valence-electron chi connectivity index (χ4n) is 16.4. The van der Waals surface area contributed by atoms with Crippen LogP contribution in [0.5, 0.6) is 0 Å². The second kappa shape index (κ2) is 33.6. The normalized spacial score (nSPS) is 17.5. The lowest BCUT2D eigenvalue weighted by Crippen LogP contribution is -2.45. The third-order valence-corrected chi connectivity index (χ3v) is 23.2. The largest absolute Gasteiger partial charge is 0.384 e. The molecule has 0 spiro atoms. The average Bonchev–Trinajstić information content (AvgIpc) is 1.60. The van der Waals surface area contributed by atoms with E-state index in [4.69, 9.17) is 17.3 Å². The molecule has 4 N–H and O–H groups in total. The lowest BCUT2D eigenvalue weighted by molar-refractivity contribution is 0.132. The summed E-state index contributed by atoms with van der Waals surface area (Å²) < 4.78 is 94.6. The fourth-order valence-corrected chi connectivity index (χ4v) is 16.5. The molecule has 0 bridgehead atoms. The number of nitrogens with two attached hydrogens (primary N) is 1. The van der Waals surface area contributed by atoms with Gasteiger partial charge in [0.05, 0.1) is 35.1 Å². The summed E-state index contributed by atoms with van der Waals surface area (Å²) in [5, 5.41) is 6.03. The zero-order valence-corrected chi connectivity index (χ0v) is 67.2. The first kappa shape index (κ1) is 80.0. The Balaban J connectivity index is 0.000000127. The van der Waals surface area contributed by atoms with Crippen LogP contribution in [0.4, 0.5) is 55.7 Å². The molecule has 15 heterocycles. The van der Waals surface area contributed by atoms with Crippen LogP contribution >= 0.6 is 11.6 Å². The van der Waals surface area contributed by atoms with Crippen molar-refractivity contribution in [2.75, 3.05) is 115 Å². The summed E-state index contributed by atoms with van der Waals surface area (Å²) in [6.07, 6.45) is 13.9. The van der Waals surface area contributed by atoms with Gasteiger partial charge in [0.1, 0.15) is 68.6 Å². The minimum Gasteiger partial charge on any atom is -0.384 e. The number of likely N-dealkylation sites (N-methyl/N-ethyl adjacent to an activating group) is 3. The number of benzene rings is 3. The standard InChI is InChI=1S/2C28H32F2N8.C16H13ClF2N4.C12H20N4/c2*1-4-36-9-11-37(12-10-36)17-18-5-6-23(31-15-18)33-27-32-16-21(30)25(35-27)19-13-20(29)26-22(14-19)38-24(34-26)7-8-28(38,2)3;1-16(2)4-3-12-21-14-9(18)5-8(6-11(14)23(12)16)13-10(19)7-20-15(17)22-13;1-2-15-5-7-16(8-6-15)10-11-3-4-12(13)14-9-11/h2*5-6,13-16H,4,7-12,17H2,1-3H3,(H,31,32,33,35);5-7H,3-4H2,1-2H3;3-4,9H,2,5-8,10H2,1H3,(H2,13,14). The summed E-state index contributed by atoms with van der Waals surface area (Å²) in [4.78, 5) is 65.7. The van der Waals surface area contributed by atoms with Crippen LogP contribution in [-0.4, -0.2) is 201 Å². The number of fused-ring (bicyclic) bond motifs is 9. The molecule has 24 nitrogen and oxygen atoms in total. The van der Waals surface area contributed by atoms with Crippen molar-refractivity contribution in [3.63, 3.8) is 0 Å². The van der Waals surface area contributed by atoms with Crippen LogP contribution < -0.4 is 16.4 Å². The van der Waals surface area contributed by atoms with Crippen molar-refractivity contribution < 1.29 is 26.3 Å². The molecule has 0 radical (unpaired) electrons. The van der Waals surface area contributed by atoms with E-state index in [1.54, 1.807) is 18.2 Å². The van der Waals surface area contributed by atoms with Gasteiger partial charge in [-0.2, -0.15) is 0 Å². The molecule has 0 atom stereocenters. The number of nitrogens with zero attached hydrogens (tertiary/aromatic N) is 21. The van der Waals surface area contributed by atoms with Crippen molar-refractivity contribution in [3.8, 4) is 33.8 Å². The van der Waals surface area contributed by atoms with E-state index < -0.39 is 34.9 Å². The molecule has 602 valence electrons. The van der Waals surface area contributed by atoms with E-state index in [0.29, 0.717) is 67.2 Å². The highest BCUT2D eigenvalue weighted by Crippen LogP contribution is 2.42. The summed E-state index contributed by atoms with van der Waals surface area (Å²) in [6, 6.07) is 20.8. The molecular weight excluding hydrogens is 1490 g/mol. The maximum Gasteiger partial charge on any atom is 0.229 e. The molecule has 3 fully saturated rings. The Bertz CT molecular complexity index is 5250. The minimum absolute atomic E-state index is 0.0165. The lowest BCUT2D eigenvalue weighted by atomic mass is 10.0. The highest BCUT2D eigenvalue weighted by atomic mass is 35.5. The van der Waals surface area contributed by atoms with Gasteiger partial charge in [0.15, 0.2) is 34.9 Å². The zero-order chi connectivity index (χ0) is 80.6. The predicted octanol–water partition coefficient (Wildman–Crippen LogP) is 14.4. The first-order valence-corrected chi connectivity index (χ1v) is 40.0. The number of nitrogen functional groups attached to an aromatic ring is 1. The maximum absolute atomic E-state index is 15.1. The third-order valence-electron chi connectivity index (χ3n) is 23.0. The summed E-state index contributed by atoms with van der Waals surface area (Å²) in [6.45, 7) is 38.4. The topological polar surface area (TPSA) is 239 Å². The summed E-state index contributed by atoms with van der Waals surface area (Å²) in [7, 11) is 0. The Morgan fingerprint density at radius 2 is 0.678 bits per heavy atom. The van der Waals surface area contributed by atoms with Gasteiger partial charge in [-0.3, -0.25) is 14.7 Å². The maximum atomic E-state index is 15.1. The van der Waals surface area contributed by atoms with E-state index in [1.165, 1.54) is 36.9 Å². The number of halogens is 7. The molecule has 31 heteroatoms. The molecule has 18 rings (SSSR count). The molecule has 3 saturated heterocycles. The van der Waals surface area contributed by atoms with Gasteiger partial charge in [-0.1, -0.05) is 39.0 Å². The van der Waals surface area contributed by atoms with Crippen LogP contribution in [0.2, 0.25) is 5.28 Å². The number of anilines is 5. The SMILES string of the molecule is CC1(C)CCc2nc3c(F)cc(-c4nc(Cl)ncc4F)cc3n21.CCN1CCN(Cc2ccc(N)nc2)CC1.CCN1CCN(Cc2ccc(Nc3ncc(F)c(-c4cc(F)c5nc6n(c5c4)C(C)(C)CC6)n3)nc2)CC1.CCN1CCN(Cc2ccc(Nc3ncc(F)c(-c4cc(F)c5nc6n(c5c4)C(C)(C)CC6)n3)nc2)CC1. The summed E-state index contributed by atoms with van der Waals surface area (Å²) >= 11 is 5.74. The molecule has 12 aromatic rings. The van der Waals surface area contributed by atoms with E-state index >= 15 is 8.78 Å². The van der Waals surface area contributed by atoms with Crippen LogP contribution in [-0.2, 0) is 55.5 Å². The number of imidazole rings is 3. The van der Waals surface area contributed by atoms with Crippen LogP contribution in [0.25, 0.3) is 66.9 Å². The first-order valence-electron chi connectivity index (χ1n) is 39.6. The summed E-state index contributed by atoms with van der Waals surface area (Å²) in [5.41, 5.74) is 12.4. The number of piperazine rings is 3. The van der Waals surface area contributed by atoms with Crippen molar-refractivity contribution in [1.29, 1.82) is 0 Å². The Morgan fingerprint density at radius 3 is 0.991 bits per heavy atom. The van der Waals surface area contributed by atoms with E-state index in [9.17, 15) is 17.6 Å². The van der Waals surface area contributed by atoms with Crippen molar-refractivity contribution in [3.05, 3.63) is 184 Å². The lowest BCUT2D eigenvalue weighted by Gasteiger charge is -2.33. The molecule has 6 aliphatic rings. The van der Waals surface area contributed by atoms with Gasteiger partial charge >= 0.3 is 0 Å². The van der Waals surface area contributed by atoms with Gasteiger partial charge < -0.3 is 44.8 Å². The van der Waals surface area contributed by atoms with Gasteiger partial charge in [-0.15, -0.1) is 0 Å². The van der Waals surface area contributed by atoms with Crippen molar-refractivity contribution in [2.24, 2.45) is 0 Å². The van der Waals surface area contributed by atoms with E-state index in [0.717, 1.165) is 190 Å². The fraction of sp³-hybridized carbons (Fsp3) is 0.429. The van der Waals surface area contributed by atoms with Crippen LogP contribution in [0.3, 0.4) is 0 Å². The Kier molecular flexibility index (Phi) is 23.3. The number of hydrogen-bond donors (Lipinski definition) is 3. The Labute approximate surface area is 669 Å². The molecule has 3 aromatic carbocycles. The molecular formula is C84H97ClF6N24. The smallest absolute Gasteiger partial charge is 0.229 e. The molecule has 0 unspecified atom stereocenters. The van der Waals surface area contributed by atoms with Crippen LogP contribution in [0.1, 0.15) is 116 Å². The Morgan fingerprint density at radius 1 is 0.365 bits per heavy atom. The average molecular weight is 1590 g/mol. The number of hydrogen-bond acceptors (Lipinski definition) is 21. The first-order chi connectivity index (χ1) is 55.2. The number of rotatable bonds is 16. The van der Waals surface area contributed by atoms with Gasteiger partial charge in [-0.05, 0) is 163 Å². The number of aryl methyl sites for hydroxylation is 3. The zero-order valence-electron chi connectivity index (χ0n) is 66.5. The number of pyridine rings is 3. The van der Waals surface area contributed by atoms with Crippen molar-refractivity contribution >= 4 is 74.1 Å². The molecule has 0 amide bonds. The van der Waals surface area contributed by atoms with E-state index in [-0.39, 0.29) is 50.9 Å². The van der Waals surface area contributed by atoms with Crippen molar-refractivity contribution in [2.45, 2.75) is 137 Å². The highest BCUT2D eigenvalue weighted by molar-refractivity contribution is 6.28.